The highest BCUT2D eigenvalue weighted by Crippen LogP contribution is 2.31. The van der Waals surface area contributed by atoms with Gasteiger partial charge in [0, 0.05) is 12.6 Å². The molecule has 0 unspecified atom stereocenters. The number of rotatable bonds is 2. The quantitative estimate of drug-likeness (QED) is 0.893. The highest BCUT2D eigenvalue weighted by Gasteiger charge is 2.30. The zero-order valence-electron chi connectivity index (χ0n) is 9.49. The monoisotopic (exact) mass is 253 g/mol. The largest absolute Gasteiger partial charge is 0.416 e. The Bertz CT molecular complexity index is 535. The van der Waals surface area contributed by atoms with Crippen LogP contribution in [0.5, 0.6) is 0 Å². The van der Waals surface area contributed by atoms with Crippen molar-refractivity contribution in [3.05, 3.63) is 42.0 Å². The topological polar surface area (TPSA) is 37.8 Å². The second-order valence-corrected chi connectivity index (χ2v) is 3.63. The number of hydrogen-bond acceptors (Lipinski definition) is 3. The summed E-state index contributed by atoms with van der Waals surface area (Å²) < 4.78 is 37.7. The minimum absolute atomic E-state index is 0.389. The van der Waals surface area contributed by atoms with Crippen LogP contribution < -0.4 is 5.32 Å². The lowest BCUT2D eigenvalue weighted by Crippen LogP contribution is -2.04. The molecule has 0 atom stereocenters. The summed E-state index contributed by atoms with van der Waals surface area (Å²) in [5.41, 5.74) is 0.0968. The maximum absolute atomic E-state index is 12.6. The number of nitrogens with one attached hydrogen (secondary N) is 1. The van der Waals surface area contributed by atoms with Gasteiger partial charge in [0.15, 0.2) is 0 Å². The fraction of sp³-hybridized carbons (Fsp3) is 0.167. The molecule has 0 aliphatic heterocycles. The van der Waals surface area contributed by atoms with Crippen LogP contribution >= 0.6 is 0 Å². The molecule has 0 saturated carbocycles. The first-order chi connectivity index (χ1) is 8.50. The van der Waals surface area contributed by atoms with Crippen molar-refractivity contribution in [1.29, 1.82) is 0 Å². The van der Waals surface area contributed by atoms with Crippen molar-refractivity contribution >= 4 is 5.82 Å². The third-order valence-electron chi connectivity index (χ3n) is 2.41. The maximum atomic E-state index is 12.6. The number of halogens is 3. The fourth-order valence-electron chi connectivity index (χ4n) is 1.47. The lowest BCUT2D eigenvalue weighted by atomic mass is 10.1. The van der Waals surface area contributed by atoms with Gasteiger partial charge in [-0.05, 0) is 24.3 Å². The van der Waals surface area contributed by atoms with Gasteiger partial charge in [0.05, 0.1) is 11.3 Å². The summed E-state index contributed by atoms with van der Waals surface area (Å²) in [6.45, 7) is 0. The van der Waals surface area contributed by atoms with Crippen LogP contribution in [-0.2, 0) is 6.18 Å². The molecule has 2 rings (SSSR count). The zero-order valence-corrected chi connectivity index (χ0v) is 9.49. The number of alkyl halides is 3. The zero-order chi connectivity index (χ0) is 13.2. The van der Waals surface area contributed by atoms with Gasteiger partial charge >= 0.3 is 6.18 Å². The van der Waals surface area contributed by atoms with Crippen molar-refractivity contribution in [3.63, 3.8) is 0 Å². The molecule has 1 aromatic heterocycles. The lowest BCUT2D eigenvalue weighted by Gasteiger charge is -2.08. The summed E-state index contributed by atoms with van der Waals surface area (Å²) in [6.07, 6.45) is -4.35. The molecule has 3 nitrogen and oxygen atoms in total. The van der Waals surface area contributed by atoms with Crippen LogP contribution in [0.15, 0.2) is 36.4 Å². The molecular weight excluding hydrogens is 243 g/mol. The van der Waals surface area contributed by atoms with Gasteiger partial charge in [-0.1, -0.05) is 12.1 Å². The van der Waals surface area contributed by atoms with Crippen LogP contribution in [0.3, 0.4) is 0 Å². The first kappa shape index (κ1) is 12.3. The SMILES string of the molecule is CNc1ccc(-c2cccc(C(F)(F)F)c2)nn1. The number of benzene rings is 1. The molecule has 1 aromatic carbocycles. The Labute approximate surface area is 102 Å². The van der Waals surface area contributed by atoms with E-state index in [-0.39, 0.29) is 0 Å². The van der Waals surface area contributed by atoms with Crippen LogP contribution in [-0.4, -0.2) is 17.2 Å². The summed E-state index contributed by atoms with van der Waals surface area (Å²) in [6, 6.07) is 8.28. The second kappa shape index (κ2) is 4.64. The summed E-state index contributed by atoms with van der Waals surface area (Å²) >= 11 is 0. The van der Waals surface area contributed by atoms with Gasteiger partial charge < -0.3 is 5.32 Å². The third kappa shape index (κ3) is 2.58. The Kier molecular flexibility index (Phi) is 3.18. The van der Waals surface area contributed by atoms with Gasteiger partial charge in [-0.3, -0.25) is 0 Å². The summed E-state index contributed by atoms with van der Waals surface area (Å²) in [4.78, 5) is 0. The maximum Gasteiger partial charge on any atom is 0.416 e. The number of aromatic nitrogens is 2. The smallest absolute Gasteiger partial charge is 0.372 e. The Balaban J connectivity index is 2.38. The van der Waals surface area contributed by atoms with E-state index in [0.717, 1.165) is 12.1 Å². The molecule has 0 spiro atoms. The molecule has 18 heavy (non-hydrogen) atoms. The minimum atomic E-state index is -4.35. The predicted octanol–water partition coefficient (Wildman–Crippen LogP) is 3.20. The molecule has 0 aliphatic carbocycles. The van der Waals surface area contributed by atoms with E-state index in [1.54, 1.807) is 25.2 Å². The Morgan fingerprint density at radius 3 is 2.39 bits per heavy atom. The van der Waals surface area contributed by atoms with E-state index < -0.39 is 11.7 Å². The molecule has 0 aliphatic rings. The first-order valence-electron chi connectivity index (χ1n) is 5.20. The molecule has 0 bridgehead atoms. The predicted molar refractivity (Wildman–Crippen MR) is 62.0 cm³/mol. The van der Waals surface area contributed by atoms with Crippen LogP contribution in [0.2, 0.25) is 0 Å². The van der Waals surface area contributed by atoms with Crippen molar-refractivity contribution in [2.24, 2.45) is 0 Å². The van der Waals surface area contributed by atoms with Gasteiger partial charge in [0.2, 0.25) is 0 Å². The number of anilines is 1. The Hall–Kier alpha value is -2.11. The third-order valence-corrected chi connectivity index (χ3v) is 2.41. The molecule has 6 heteroatoms. The standard InChI is InChI=1S/C12H10F3N3/c1-16-11-6-5-10(17-18-11)8-3-2-4-9(7-8)12(13,14)15/h2-7H,1H3,(H,16,18). The van der Waals surface area contributed by atoms with Crippen LogP contribution in [0.4, 0.5) is 19.0 Å². The van der Waals surface area contributed by atoms with E-state index in [1.165, 1.54) is 6.07 Å². The van der Waals surface area contributed by atoms with Gasteiger partial charge in [-0.2, -0.15) is 13.2 Å². The van der Waals surface area contributed by atoms with E-state index >= 15 is 0 Å². The van der Waals surface area contributed by atoms with E-state index in [1.807, 2.05) is 0 Å². The van der Waals surface area contributed by atoms with E-state index in [9.17, 15) is 13.2 Å². The summed E-state index contributed by atoms with van der Waals surface area (Å²) in [5, 5.41) is 10.5. The molecule has 0 saturated heterocycles. The highest BCUT2D eigenvalue weighted by molar-refractivity contribution is 5.60. The average Bonchev–Trinajstić information content (AvgIpc) is 2.38. The molecule has 0 radical (unpaired) electrons. The van der Waals surface area contributed by atoms with E-state index in [0.29, 0.717) is 17.1 Å². The normalized spacial score (nSPS) is 11.3. The molecule has 0 fully saturated rings. The van der Waals surface area contributed by atoms with Crippen LogP contribution in [0.25, 0.3) is 11.3 Å². The lowest BCUT2D eigenvalue weighted by molar-refractivity contribution is -0.137. The molecule has 94 valence electrons. The van der Waals surface area contributed by atoms with Gasteiger partial charge in [0.25, 0.3) is 0 Å². The van der Waals surface area contributed by atoms with Crippen molar-refractivity contribution in [3.8, 4) is 11.3 Å². The van der Waals surface area contributed by atoms with Crippen molar-refractivity contribution in [2.45, 2.75) is 6.18 Å². The van der Waals surface area contributed by atoms with Crippen molar-refractivity contribution in [2.75, 3.05) is 12.4 Å². The first-order valence-corrected chi connectivity index (χ1v) is 5.20. The molecule has 2 aromatic rings. The Morgan fingerprint density at radius 1 is 1.06 bits per heavy atom. The molecule has 1 heterocycles. The van der Waals surface area contributed by atoms with Gasteiger partial charge in [0.1, 0.15) is 5.82 Å². The van der Waals surface area contributed by atoms with Crippen molar-refractivity contribution < 1.29 is 13.2 Å². The van der Waals surface area contributed by atoms with E-state index in [2.05, 4.69) is 15.5 Å². The van der Waals surface area contributed by atoms with Crippen molar-refractivity contribution in [1.82, 2.24) is 10.2 Å². The van der Waals surface area contributed by atoms with E-state index in [4.69, 9.17) is 0 Å². The molecule has 0 amide bonds. The van der Waals surface area contributed by atoms with Gasteiger partial charge in [-0.15, -0.1) is 10.2 Å². The fourth-order valence-corrected chi connectivity index (χ4v) is 1.47. The van der Waals surface area contributed by atoms with Crippen LogP contribution in [0.1, 0.15) is 5.56 Å². The van der Waals surface area contributed by atoms with Gasteiger partial charge in [-0.25, -0.2) is 0 Å². The molecule has 1 N–H and O–H groups in total. The average molecular weight is 253 g/mol. The highest BCUT2D eigenvalue weighted by atomic mass is 19.4. The Morgan fingerprint density at radius 2 is 1.83 bits per heavy atom. The number of nitrogens with zero attached hydrogens (tertiary/aromatic N) is 2. The van der Waals surface area contributed by atoms with Crippen LogP contribution in [0, 0.1) is 0 Å². The molecular formula is C12H10F3N3. The summed E-state index contributed by atoms with van der Waals surface area (Å²) in [7, 11) is 1.69. The minimum Gasteiger partial charge on any atom is -0.372 e. The number of hydrogen-bond donors (Lipinski definition) is 1. The summed E-state index contributed by atoms with van der Waals surface area (Å²) in [5.74, 6) is 0.561. The second-order valence-electron chi connectivity index (χ2n) is 3.63.